The van der Waals surface area contributed by atoms with E-state index in [9.17, 15) is 0 Å². The van der Waals surface area contributed by atoms with Crippen LogP contribution >= 0.6 is 0 Å². The molecule has 0 bridgehead atoms. The van der Waals surface area contributed by atoms with Gasteiger partial charge in [-0.05, 0) is 135 Å². The first kappa shape index (κ1) is 36.2. The van der Waals surface area contributed by atoms with Gasteiger partial charge in [-0.2, -0.15) is 0 Å². The number of rotatable bonds is 9. The minimum atomic E-state index is 0.675. The molecule has 7 aromatic carbocycles. The van der Waals surface area contributed by atoms with Gasteiger partial charge in [-0.1, -0.05) is 126 Å². The fraction of sp³-hybridized carbons (Fsp3) is 0.115. The first-order chi connectivity index (χ1) is 27.2. The van der Waals surface area contributed by atoms with Gasteiger partial charge in [0.2, 0.25) is 0 Å². The molecule has 0 amide bonds. The number of anilines is 6. The maximum atomic E-state index is 5.22. The second kappa shape index (κ2) is 15.5. The van der Waals surface area contributed by atoms with Crippen molar-refractivity contribution in [3.8, 4) is 33.6 Å². The molecule has 8 rings (SSSR count). The molecule has 0 saturated carbocycles. The van der Waals surface area contributed by atoms with E-state index < -0.39 is 0 Å². The number of aryl methyl sites for hydroxylation is 6. The van der Waals surface area contributed by atoms with Gasteiger partial charge in [0.1, 0.15) is 5.82 Å². The van der Waals surface area contributed by atoms with Crippen LogP contribution in [0, 0.1) is 41.5 Å². The molecule has 1 heterocycles. The molecule has 0 spiro atoms. The lowest BCUT2D eigenvalue weighted by atomic mass is 9.97. The van der Waals surface area contributed by atoms with E-state index in [-0.39, 0.29) is 0 Å². The minimum Gasteiger partial charge on any atom is -0.309 e. The molecule has 0 aliphatic rings. The Hall–Kier alpha value is -6.78. The summed E-state index contributed by atoms with van der Waals surface area (Å²) in [5.41, 5.74) is 18.5. The summed E-state index contributed by atoms with van der Waals surface area (Å²) < 4.78 is 0. The van der Waals surface area contributed by atoms with Crippen molar-refractivity contribution >= 4 is 34.3 Å². The molecule has 4 nitrogen and oxygen atoms in total. The summed E-state index contributed by atoms with van der Waals surface area (Å²) in [6, 6.07) is 58.3. The molecule has 0 saturated heterocycles. The fourth-order valence-corrected chi connectivity index (χ4v) is 8.12. The Bertz CT molecular complexity index is 2470. The molecule has 0 N–H and O–H groups in total. The van der Waals surface area contributed by atoms with Crippen molar-refractivity contribution < 1.29 is 0 Å². The molecule has 0 aliphatic carbocycles. The summed E-state index contributed by atoms with van der Waals surface area (Å²) in [4.78, 5) is 14.6. The molecule has 8 aromatic rings. The Kier molecular flexibility index (Phi) is 10.0. The van der Waals surface area contributed by atoms with Crippen LogP contribution in [-0.2, 0) is 0 Å². The van der Waals surface area contributed by atoms with Crippen LogP contribution in [0.2, 0.25) is 0 Å². The summed E-state index contributed by atoms with van der Waals surface area (Å²) in [5.74, 6) is 1.46. The number of hydrogen-bond acceptors (Lipinski definition) is 4. The van der Waals surface area contributed by atoms with Gasteiger partial charge in [0.25, 0.3) is 0 Å². The monoisotopic (exact) mass is 726 g/mol. The summed E-state index contributed by atoms with van der Waals surface area (Å²) >= 11 is 0. The largest absolute Gasteiger partial charge is 0.309 e. The van der Waals surface area contributed by atoms with Crippen LogP contribution in [0.4, 0.5) is 34.3 Å². The fourth-order valence-electron chi connectivity index (χ4n) is 8.12. The van der Waals surface area contributed by atoms with Crippen LogP contribution in [0.15, 0.2) is 170 Å². The van der Waals surface area contributed by atoms with Crippen molar-refractivity contribution in [2.24, 2.45) is 0 Å². The lowest BCUT2D eigenvalue weighted by Crippen LogP contribution is -2.16. The SMILES string of the molecule is Cc1cc(C)c(N(c2ccc(N(c3cc(-c4ccccc4)cc(-c4ccccc4)c3)c3ccnc(-c4ccccc4)n3)cc2)c2c(C)cc(C)cc2C)c(C)c1. The van der Waals surface area contributed by atoms with Crippen LogP contribution in [0.25, 0.3) is 33.6 Å². The Morgan fingerprint density at radius 3 is 1.21 bits per heavy atom. The zero-order valence-corrected chi connectivity index (χ0v) is 33.0. The number of benzene rings is 7. The molecular formula is C52H46N4. The third-order valence-electron chi connectivity index (χ3n) is 10.4. The van der Waals surface area contributed by atoms with Crippen molar-refractivity contribution in [1.29, 1.82) is 0 Å². The molecule has 274 valence electrons. The highest BCUT2D eigenvalue weighted by molar-refractivity contribution is 5.87. The third-order valence-corrected chi connectivity index (χ3v) is 10.4. The van der Waals surface area contributed by atoms with Crippen LogP contribution < -0.4 is 9.80 Å². The molecule has 0 aliphatic heterocycles. The van der Waals surface area contributed by atoms with Gasteiger partial charge in [0.15, 0.2) is 5.82 Å². The molecule has 56 heavy (non-hydrogen) atoms. The summed E-state index contributed by atoms with van der Waals surface area (Å²) in [6.07, 6.45) is 1.86. The van der Waals surface area contributed by atoms with Crippen LogP contribution in [0.1, 0.15) is 33.4 Å². The maximum Gasteiger partial charge on any atom is 0.161 e. The summed E-state index contributed by atoms with van der Waals surface area (Å²) in [5, 5.41) is 0. The van der Waals surface area contributed by atoms with Crippen molar-refractivity contribution in [2.45, 2.75) is 41.5 Å². The Morgan fingerprint density at radius 1 is 0.357 bits per heavy atom. The highest BCUT2D eigenvalue weighted by Gasteiger charge is 2.23. The van der Waals surface area contributed by atoms with E-state index in [2.05, 4.69) is 191 Å². The normalized spacial score (nSPS) is 11.0. The standard InChI is InChI=1S/C52H46N4/c1-35-28-37(3)50(38(4)29-35)56(51-39(5)30-36(2)31-40(51)6)47-24-22-46(23-25-47)55(49-26-27-53-52(54-49)43-20-14-9-15-21-43)48-33-44(41-16-10-7-11-17-41)32-45(34-48)42-18-12-8-13-19-42/h7-34H,1-6H3. The molecule has 4 heteroatoms. The van der Waals surface area contributed by atoms with Crippen LogP contribution in [0.5, 0.6) is 0 Å². The van der Waals surface area contributed by atoms with Gasteiger partial charge in [-0.15, -0.1) is 0 Å². The summed E-state index contributed by atoms with van der Waals surface area (Å²) in [6.45, 7) is 13.2. The minimum absolute atomic E-state index is 0.675. The predicted octanol–water partition coefficient (Wildman–Crippen LogP) is 14.3. The highest BCUT2D eigenvalue weighted by Crippen LogP contribution is 2.45. The van der Waals surface area contributed by atoms with Crippen molar-refractivity contribution in [2.75, 3.05) is 9.80 Å². The molecule has 0 fully saturated rings. The van der Waals surface area contributed by atoms with E-state index in [0.717, 1.165) is 50.7 Å². The van der Waals surface area contributed by atoms with E-state index in [4.69, 9.17) is 9.97 Å². The lowest BCUT2D eigenvalue weighted by Gasteiger charge is -2.32. The number of aromatic nitrogens is 2. The quantitative estimate of drug-likeness (QED) is 0.148. The third kappa shape index (κ3) is 7.34. The topological polar surface area (TPSA) is 32.3 Å². The van der Waals surface area contributed by atoms with Gasteiger partial charge in [0.05, 0.1) is 11.4 Å². The van der Waals surface area contributed by atoms with E-state index in [1.54, 1.807) is 0 Å². The van der Waals surface area contributed by atoms with E-state index in [1.165, 1.54) is 44.8 Å². The van der Waals surface area contributed by atoms with Gasteiger partial charge in [0, 0.05) is 28.8 Å². The highest BCUT2D eigenvalue weighted by atomic mass is 15.2. The summed E-state index contributed by atoms with van der Waals surface area (Å²) in [7, 11) is 0. The molecule has 0 radical (unpaired) electrons. The molecule has 1 aromatic heterocycles. The smallest absolute Gasteiger partial charge is 0.161 e. The zero-order chi connectivity index (χ0) is 38.8. The van der Waals surface area contributed by atoms with Crippen LogP contribution in [0.3, 0.4) is 0 Å². The average molecular weight is 727 g/mol. The Balaban J connectivity index is 1.34. The second-order valence-electron chi connectivity index (χ2n) is 14.8. The van der Waals surface area contributed by atoms with Crippen molar-refractivity contribution in [3.05, 3.63) is 203 Å². The van der Waals surface area contributed by atoms with Gasteiger partial charge in [-0.25, -0.2) is 9.97 Å². The number of hydrogen-bond donors (Lipinski definition) is 0. The maximum absolute atomic E-state index is 5.22. The van der Waals surface area contributed by atoms with Crippen molar-refractivity contribution in [1.82, 2.24) is 9.97 Å². The Morgan fingerprint density at radius 2 is 0.768 bits per heavy atom. The van der Waals surface area contributed by atoms with E-state index >= 15 is 0 Å². The molecule has 0 atom stereocenters. The second-order valence-corrected chi connectivity index (χ2v) is 14.8. The predicted molar refractivity (Wildman–Crippen MR) is 236 cm³/mol. The molecule has 0 unspecified atom stereocenters. The lowest BCUT2D eigenvalue weighted by molar-refractivity contribution is 1.12. The number of nitrogens with zero attached hydrogens (tertiary/aromatic N) is 4. The first-order valence-corrected chi connectivity index (χ1v) is 19.2. The van der Waals surface area contributed by atoms with E-state index in [0.29, 0.717) is 5.82 Å². The molecular weight excluding hydrogens is 681 g/mol. The van der Waals surface area contributed by atoms with Gasteiger partial charge in [-0.3, -0.25) is 4.90 Å². The van der Waals surface area contributed by atoms with Gasteiger partial charge >= 0.3 is 0 Å². The first-order valence-electron chi connectivity index (χ1n) is 19.2. The van der Waals surface area contributed by atoms with Crippen molar-refractivity contribution in [3.63, 3.8) is 0 Å². The Labute approximate surface area is 331 Å². The van der Waals surface area contributed by atoms with Gasteiger partial charge < -0.3 is 4.90 Å². The van der Waals surface area contributed by atoms with E-state index in [1.807, 2.05) is 30.5 Å². The average Bonchev–Trinajstić information content (AvgIpc) is 3.21. The van der Waals surface area contributed by atoms with Crippen LogP contribution in [-0.4, -0.2) is 9.97 Å². The zero-order valence-electron chi connectivity index (χ0n) is 33.0.